The number of benzene rings is 1. The fourth-order valence-electron chi connectivity index (χ4n) is 1.38. The molecule has 0 aliphatic carbocycles. The van der Waals surface area contributed by atoms with Crippen LogP contribution < -0.4 is 10.5 Å². The number of ether oxygens (including phenoxy) is 1. The number of anilines is 1. The summed E-state index contributed by atoms with van der Waals surface area (Å²) in [4.78, 5) is 4.35. The summed E-state index contributed by atoms with van der Waals surface area (Å²) in [6.45, 7) is 4.05. The van der Waals surface area contributed by atoms with Crippen LogP contribution in [0.3, 0.4) is 0 Å². The summed E-state index contributed by atoms with van der Waals surface area (Å²) in [5.41, 5.74) is 8.51. The van der Waals surface area contributed by atoms with Crippen LogP contribution in [0.1, 0.15) is 18.2 Å². The molecule has 0 fully saturated rings. The Morgan fingerprint density at radius 1 is 1.44 bits per heavy atom. The molecule has 0 unspecified atom stereocenters. The van der Waals surface area contributed by atoms with Gasteiger partial charge in [-0.05, 0) is 37.1 Å². The zero-order valence-corrected chi connectivity index (χ0v) is 10.2. The van der Waals surface area contributed by atoms with E-state index in [9.17, 15) is 0 Å². The molecule has 0 aliphatic heterocycles. The summed E-state index contributed by atoms with van der Waals surface area (Å²) in [5, 5.41) is 2.70. The molecule has 1 aromatic carbocycles. The SMILES string of the molecule is CCc1csc(Oc2ccc(N)cc2C)n1. The van der Waals surface area contributed by atoms with Gasteiger partial charge in [-0.1, -0.05) is 18.3 Å². The second-order valence-electron chi connectivity index (χ2n) is 3.59. The maximum Gasteiger partial charge on any atom is 0.278 e. The van der Waals surface area contributed by atoms with Gasteiger partial charge < -0.3 is 10.5 Å². The molecule has 0 saturated carbocycles. The number of aryl methyl sites for hydroxylation is 2. The highest BCUT2D eigenvalue weighted by Crippen LogP contribution is 2.28. The zero-order valence-electron chi connectivity index (χ0n) is 9.36. The lowest BCUT2D eigenvalue weighted by molar-refractivity contribution is 0.474. The summed E-state index contributed by atoms with van der Waals surface area (Å²) >= 11 is 1.52. The van der Waals surface area contributed by atoms with Gasteiger partial charge in [-0.25, -0.2) is 4.98 Å². The standard InChI is InChI=1S/C12H14N2OS/c1-3-10-7-16-12(14-10)15-11-5-4-9(13)6-8(11)2/h4-7H,3,13H2,1-2H3. The first-order valence-corrected chi connectivity index (χ1v) is 6.05. The fourth-order valence-corrected chi connectivity index (χ4v) is 2.14. The Morgan fingerprint density at radius 2 is 2.25 bits per heavy atom. The number of nitrogens with zero attached hydrogens (tertiary/aromatic N) is 1. The van der Waals surface area contributed by atoms with Gasteiger partial charge in [0.15, 0.2) is 0 Å². The molecule has 1 aromatic heterocycles. The number of hydrogen-bond donors (Lipinski definition) is 1. The summed E-state index contributed by atoms with van der Waals surface area (Å²) < 4.78 is 5.70. The minimum absolute atomic E-state index is 0.685. The molecule has 16 heavy (non-hydrogen) atoms. The van der Waals surface area contributed by atoms with E-state index in [2.05, 4.69) is 11.9 Å². The molecule has 84 valence electrons. The Labute approximate surface area is 98.9 Å². The Kier molecular flexibility index (Phi) is 3.10. The molecule has 0 radical (unpaired) electrons. The van der Waals surface area contributed by atoms with Gasteiger partial charge in [0.25, 0.3) is 5.19 Å². The number of hydrogen-bond acceptors (Lipinski definition) is 4. The van der Waals surface area contributed by atoms with Crippen molar-refractivity contribution in [3.8, 4) is 10.9 Å². The van der Waals surface area contributed by atoms with Gasteiger partial charge in [0.1, 0.15) is 5.75 Å². The molecule has 1 heterocycles. The maximum atomic E-state index is 5.70. The molecule has 4 heteroatoms. The average molecular weight is 234 g/mol. The second-order valence-corrected chi connectivity index (χ2v) is 4.41. The first kappa shape index (κ1) is 11.0. The van der Waals surface area contributed by atoms with Crippen molar-refractivity contribution in [1.29, 1.82) is 0 Å². The van der Waals surface area contributed by atoms with E-state index >= 15 is 0 Å². The lowest BCUT2D eigenvalue weighted by Crippen LogP contribution is -1.90. The van der Waals surface area contributed by atoms with Crippen molar-refractivity contribution in [3.63, 3.8) is 0 Å². The van der Waals surface area contributed by atoms with Crippen LogP contribution in [0.25, 0.3) is 0 Å². The molecule has 0 atom stereocenters. The summed E-state index contributed by atoms with van der Waals surface area (Å²) in [5.74, 6) is 0.811. The van der Waals surface area contributed by atoms with E-state index in [1.165, 1.54) is 11.3 Å². The van der Waals surface area contributed by atoms with Gasteiger partial charge >= 0.3 is 0 Å². The Balaban J connectivity index is 2.20. The molecular weight excluding hydrogens is 220 g/mol. The highest BCUT2D eigenvalue weighted by molar-refractivity contribution is 7.11. The van der Waals surface area contributed by atoms with Crippen molar-refractivity contribution in [2.24, 2.45) is 0 Å². The maximum absolute atomic E-state index is 5.70. The van der Waals surface area contributed by atoms with Crippen LogP contribution in [-0.4, -0.2) is 4.98 Å². The van der Waals surface area contributed by atoms with E-state index in [1.807, 2.05) is 30.5 Å². The van der Waals surface area contributed by atoms with Crippen molar-refractivity contribution in [1.82, 2.24) is 4.98 Å². The molecule has 0 aliphatic rings. The predicted molar refractivity (Wildman–Crippen MR) is 67.2 cm³/mol. The third-order valence-corrected chi connectivity index (χ3v) is 3.06. The van der Waals surface area contributed by atoms with Gasteiger partial charge in [0.2, 0.25) is 0 Å². The number of rotatable bonds is 3. The van der Waals surface area contributed by atoms with E-state index in [1.54, 1.807) is 0 Å². The van der Waals surface area contributed by atoms with Crippen LogP contribution in [-0.2, 0) is 6.42 Å². The van der Waals surface area contributed by atoms with Crippen LogP contribution in [0, 0.1) is 6.92 Å². The van der Waals surface area contributed by atoms with E-state index in [4.69, 9.17) is 10.5 Å². The number of nitrogens with two attached hydrogens (primary N) is 1. The van der Waals surface area contributed by atoms with Crippen molar-refractivity contribution < 1.29 is 4.74 Å². The number of nitrogen functional groups attached to an aromatic ring is 1. The van der Waals surface area contributed by atoms with E-state index in [-0.39, 0.29) is 0 Å². The van der Waals surface area contributed by atoms with Crippen molar-refractivity contribution in [2.45, 2.75) is 20.3 Å². The van der Waals surface area contributed by atoms with Crippen LogP contribution in [0.4, 0.5) is 5.69 Å². The molecule has 2 N–H and O–H groups in total. The molecule has 3 nitrogen and oxygen atoms in total. The minimum Gasteiger partial charge on any atom is -0.431 e. The first-order chi connectivity index (χ1) is 7.69. The molecule has 0 spiro atoms. The summed E-state index contributed by atoms with van der Waals surface area (Å²) in [6, 6.07) is 5.60. The van der Waals surface area contributed by atoms with Gasteiger partial charge in [-0.3, -0.25) is 0 Å². The second kappa shape index (κ2) is 4.53. The van der Waals surface area contributed by atoms with Gasteiger partial charge in [-0.15, -0.1) is 0 Å². The molecule has 0 amide bonds. The van der Waals surface area contributed by atoms with E-state index in [0.29, 0.717) is 5.19 Å². The lowest BCUT2D eigenvalue weighted by atomic mass is 10.2. The van der Waals surface area contributed by atoms with E-state index < -0.39 is 0 Å². The van der Waals surface area contributed by atoms with Crippen molar-refractivity contribution >= 4 is 17.0 Å². The fraction of sp³-hybridized carbons (Fsp3) is 0.250. The summed E-state index contributed by atoms with van der Waals surface area (Å²) in [7, 11) is 0. The average Bonchev–Trinajstić information content (AvgIpc) is 2.70. The summed E-state index contributed by atoms with van der Waals surface area (Å²) in [6.07, 6.45) is 0.931. The molecule has 0 bridgehead atoms. The quantitative estimate of drug-likeness (QED) is 0.828. The van der Waals surface area contributed by atoms with E-state index in [0.717, 1.165) is 29.1 Å². The zero-order chi connectivity index (χ0) is 11.5. The smallest absolute Gasteiger partial charge is 0.278 e. The van der Waals surface area contributed by atoms with Crippen molar-refractivity contribution in [3.05, 3.63) is 34.8 Å². The van der Waals surface area contributed by atoms with Gasteiger partial charge in [0.05, 0.1) is 5.69 Å². The predicted octanol–water partition coefficient (Wildman–Crippen LogP) is 3.39. The van der Waals surface area contributed by atoms with Crippen LogP contribution in [0.5, 0.6) is 10.9 Å². The number of aromatic nitrogens is 1. The molecular formula is C12H14N2OS. The highest BCUT2D eigenvalue weighted by atomic mass is 32.1. The lowest BCUT2D eigenvalue weighted by Gasteiger charge is -2.05. The normalized spacial score (nSPS) is 10.4. The van der Waals surface area contributed by atoms with Crippen LogP contribution in [0.15, 0.2) is 23.6 Å². The molecule has 0 saturated heterocycles. The highest BCUT2D eigenvalue weighted by Gasteiger charge is 2.05. The number of thiazole rings is 1. The van der Waals surface area contributed by atoms with Crippen molar-refractivity contribution in [2.75, 3.05) is 5.73 Å². The van der Waals surface area contributed by atoms with Gasteiger partial charge in [-0.2, -0.15) is 0 Å². The third kappa shape index (κ3) is 2.33. The molecule has 2 aromatic rings. The Bertz CT molecular complexity index is 494. The van der Waals surface area contributed by atoms with Crippen LogP contribution in [0.2, 0.25) is 0 Å². The van der Waals surface area contributed by atoms with Crippen LogP contribution >= 0.6 is 11.3 Å². The largest absolute Gasteiger partial charge is 0.431 e. The topological polar surface area (TPSA) is 48.1 Å². The Hall–Kier alpha value is -1.55. The monoisotopic (exact) mass is 234 g/mol. The van der Waals surface area contributed by atoms with Gasteiger partial charge in [0, 0.05) is 11.1 Å². The molecule has 2 rings (SSSR count). The first-order valence-electron chi connectivity index (χ1n) is 5.17. The Morgan fingerprint density at radius 3 is 2.88 bits per heavy atom. The minimum atomic E-state index is 0.685. The third-order valence-electron chi connectivity index (χ3n) is 2.29.